The van der Waals surface area contributed by atoms with Crippen LogP contribution in [-0.2, 0) is 28.7 Å². The molecule has 21 nitrogen and oxygen atoms in total. The predicted molar refractivity (Wildman–Crippen MR) is 230 cm³/mol. The number of amidine groups is 1. The Morgan fingerprint density at radius 3 is 2.34 bits per heavy atom. The first-order valence-corrected chi connectivity index (χ1v) is 21.8. The number of likely N-dealkylation sites (tertiary alicyclic amines) is 1. The number of para-hydroxylation sites is 1. The van der Waals surface area contributed by atoms with Crippen molar-refractivity contribution in [3.63, 3.8) is 0 Å². The van der Waals surface area contributed by atoms with Gasteiger partial charge in [-0.25, -0.2) is 9.59 Å². The lowest BCUT2D eigenvalue weighted by Crippen LogP contribution is -2.51. The molecule has 1 aliphatic carbocycles. The molecule has 6 amide bonds. The fraction of sp³-hybridized carbons (Fsp3) is 0.595. The van der Waals surface area contributed by atoms with Gasteiger partial charge in [-0.15, -0.1) is 11.3 Å². The van der Waals surface area contributed by atoms with Gasteiger partial charge in [-0.2, -0.15) is 0 Å². The highest BCUT2D eigenvalue weighted by Gasteiger charge is 2.67. The maximum absolute atomic E-state index is 14.0. The molecule has 1 aromatic carbocycles. The Kier molecular flexibility index (Phi) is 18.4. The van der Waals surface area contributed by atoms with E-state index in [1.165, 1.54) is 23.2 Å². The van der Waals surface area contributed by atoms with E-state index in [2.05, 4.69) is 21.3 Å². The molecule has 354 valence electrons. The Balaban J connectivity index is 1.33. The van der Waals surface area contributed by atoms with Gasteiger partial charge in [-0.1, -0.05) is 18.2 Å². The summed E-state index contributed by atoms with van der Waals surface area (Å²) < 4.78 is 16.8. The van der Waals surface area contributed by atoms with Crippen molar-refractivity contribution in [3.8, 4) is 5.75 Å². The lowest BCUT2D eigenvalue weighted by molar-refractivity contribution is -0.140. The number of rotatable bonds is 23. The molecule has 10 N–H and O–H groups in total. The van der Waals surface area contributed by atoms with Crippen LogP contribution >= 0.6 is 11.3 Å². The molecule has 0 bridgehead atoms. The number of carbonyl (C=O) groups is 6. The molecule has 1 saturated heterocycles. The third-order valence-corrected chi connectivity index (χ3v) is 11.6. The molecule has 2 aliphatic rings. The predicted octanol–water partition coefficient (Wildman–Crippen LogP) is 0.687. The Labute approximate surface area is 374 Å². The number of thiophene rings is 1. The number of nitrogens with one attached hydrogen (secondary N) is 5. The third-order valence-electron chi connectivity index (χ3n) is 10.5. The molecule has 4 rings (SSSR count). The second-order valence-electron chi connectivity index (χ2n) is 17.0. The molecule has 2 heterocycles. The van der Waals surface area contributed by atoms with Gasteiger partial charge < -0.3 is 60.6 Å². The number of hydrogen-bond acceptors (Lipinski definition) is 15. The van der Waals surface area contributed by atoms with E-state index in [4.69, 9.17) is 19.6 Å². The molecular formula is C42H61N7O14S. The summed E-state index contributed by atoms with van der Waals surface area (Å²) in [5, 5.41) is 69.5. The van der Waals surface area contributed by atoms with Crippen LogP contribution in [0.5, 0.6) is 5.75 Å². The quantitative estimate of drug-likeness (QED) is 0.0417. The summed E-state index contributed by atoms with van der Waals surface area (Å²) in [6, 6.07) is 8.95. The van der Waals surface area contributed by atoms with Crippen LogP contribution in [0.25, 0.3) is 0 Å². The molecule has 22 heteroatoms. The molecule has 2 fully saturated rings. The summed E-state index contributed by atoms with van der Waals surface area (Å²) >= 11 is 1.27. The average molecular weight is 920 g/mol. The van der Waals surface area contributed by atoms with Crippen molar-refractivity contribution in [1.82, 2.24) is 31.1 Å². The minimum atomic E-state index is -1.87. The van der Waals surface area contributed by atoms with E-state index in [-0.39, 0.29) is 56.9 Å². The van der Waals surface area contributed by atoms with Crippen molar-refractivity contribution in [2.75, 3.05) is 46.0 Å². The molecular weight excluding hydrogens is 859 g/mol. The van der Waals surface area contributed by atoms with Gasteiger partial charge in [0.1, 0.15) is 48.1 Å². The summed E-state index contributed by atoms with van der Waals surface area (Å²) in [5.74, 6) is -1.51. The number of hydrogen-bond donors (Lipinski definition) is 10. The summed E-state index contributed by atoms with van der Waals surface area (Å²) in [4.78, 5) is 79.6. The minimum absolute atomic E-state index is 0.0143. The van der Waals surface area contributed by atoms with Crippen molar-refractivity contribution in [2.24, 2.45) is 5.41 Å². The molecule has 1 aliphatic heterocycles. The number of carboxylic acid groups (broad SMARTS) is 1. The Morgan fingerprint density at radius 2 is 1.69 bits per heavy atom. The molecule has 8 atom stereocenters. The normalized spacial score (nSPS) is 20.0. The van der Waals surface area contributed by atoms with Crippen molar-refractivity contribution < 1.29 is 68.5 Å². The molecule has 5 unspecified atom stereocenters. The maximum Gasteiger partial charge on any atom is 0.413 e. The van der Waals surface area contributed by atoms with Gasteiger partial charge in [0.15, 0.2) is 0 Å². The number of benzene rings is 1. The number of ether oxygens (including phenoxy) is 3. The SMILES string of the molecule is CC(NC(=O)[C@@H]1C[C@]2(COCCNC(=O)CN(CC(O)C(O)C(O)C(C)O)C(=O)O)C[C@@H]2N1C(=O)CNC(=O)CCCOc1ccccc1)c1cc(C(=N)NC(=O)OC(C)(C)C)cs1. The summed E-state index contributed by atoms with van der Waals surface area (Å²) in [6.07, 6.45) is -7.90. The number of carbonyl (C=O) groups excluding carboxylic acids is 5. The summed E-state index contributed by atoms with van der Waals surface area (Å²) in [5.41, 5.74) is -0.952. The largest absolute Gasteiger partial charge is 0.494 e. The van der Waals surface area contributed by atoms with Crippen molar-refractivity contribution in [1.29, 1.82) is 5.41 Å². The zero-order valence-electron chi connectivity index (χ0n) is 36.6. The van der Waals surface area contributed by atoms with Crippen LogP contribution in [0.1, 0.15) is 76.8 Å². The lowest BCUT2D eigenvalue weighted by Gasteiger charge is -2.28. The highest BCUT2D eigenvalue weighted by molar-refractivity contribution is 7.10. The maximum atomic E-state index is 14.0. The lowest BCUT2D eigenvalue weighted by atomic mass is 10.00. The number of alkyl carbamates (subject to hydrolysis) is 1. The number of aliphatic hydroxyl groups excluding tert-OH is 4. The van der Waals surface area contributed by atoms with Gasteiger partial charge in [0, 0.05) is 40.2 Å². The van der Waals surface area contributed by atoms with Gasteiger partial charge in [0.25, 0.3) is 0 Å². The number of aliphatic hydroxyl groups is 4. The first-order valence-electron chi connectivity index (χ1n) is 20.9. The molecule has 1 saturated carbocycles. The minimum Gasteiger partial charge on any atom is -0.494 e. The fourth-order valence-electron chi connectivity index (χ4n) is 7.11. The number of nitrogens with zero attached hydrogens (tertiary/aromatic N) is 2. The highest BCUT2D eigenvalue weighted by Crippen LogP contribution is 2.59. The first kappa shape index (κ1) is 51.2. The van der Waals surface area contributed by atoms with E-state index >= 15 is 0 Å². The Morgan fingerprint density at radius 1 is 0.984 bits per heavy atom. The van der Waals surface area contributed by atoms with E-state index in [9.17, 15) is 54.3 Å². The first-order chi connectivity index (χ1) is 30.1. The molecule has 0 radical (unpaired) electrons. The number of piperidine rings is 1. The van der Waals surface area contributed by atoms with Crippen molar-refractivity contribution in [3.05, 3.63) is 52.2 Å². The van der Waals surface area contributed by atoms with Crippen LogP contribution in [0.2, 0.25) is 0 Å². The van der Waals surface area contributed by atoms with Crippen LogP contribution in [0.3, 0.4) is 0 Å². The average Bonchev–Trinajstić information content (AvgIpc) is 3.52. The smallest absolute Gasteiger partial charge is 0.413 e. The zero-order valence-corrected chi connectivity index (χ0v) is 37.4. The molecule has 1 aromatic heterocycles. The van der Waals surface area contributed by atoms with Gasteiger partial charge >= 0.3 is 12.2 Å². The third kappa shape index (κ3) is 15.1. The molecule has 2 aromatic rings. The summed E-state index contributed by atoms with van der Waals surface area (Å²) in [6.45, 7) is 6.61. The van der Waals surface area contributed by atoms with E-state index in [1.54, 1.807) is 51.3 Å². The zero-order chi connectivity index (χ0) is 47.4. The van der Waals surface area contributed by atoms with E-state index in [0.29, 0.717) is 40.5 Å². The van der Waals surface area contributed by atoms with Gasteiger partial charge in [-0.3, -0.25) is 34.8 Å². The highest BCUT2D eigenvalue weighted by atomic mass is 32.1. The van der Waals surface area contributed by atoms with Gasteiger partial charge in [0.05, 0.1) is 45.1 Å². The molecule has 64 heavy (non-hydrogen) atoms. The van der Waals surface area contributed by atoms with Crippen molar-refractivity contribution >= 4 is 53.0 Å². The Hall–Kier alpha value is -5.39. The van der Waals surface area contributed by atoms with Crippen LogP contribution in [0.4, 0.5) is 9.59 Å². The fourth-order valence-corrected chi connectivity index (χ4v) is 8.01. The van der Waals surface area contributed by atoms with Crippen LogP contribution in [0.15, 0.2) is 41.8 Å². The number of fused-ring (bicyclic) bond motifs is 1. The standard InChI is InChI=1S/C42H61N7O14S/c1-24(30-16-26(22-64-30)37(43)47-39(58)63-41(3,4)5)46-38(57)28-17-42(18-31(42)49(28)34(54)19-45-32(52)12-9-14-62-27-10-7-6-8-11-27)23-61-15-13-44-33(53)21-48(40(59)60)20-29(51)36(56)35(55)25(2)50/h6-8,10-11,16,22,24-25,28-29,31,35-36,50-51,55-56H,9,12-15,17-21,23H2,1-5H3,(H,44,53)(H,45,52)(H,46,57)(H,59,60)(H2,43,47,58)/t24?,25?,28-,29?,31-,35?,36?,42+/m0/s1. The summed E-state index contributed by atoms with van der Waals surface area (Å²) in [7, 11) is 0. The molecule has 0 spiro atoms. The van der Waals surface area contributed by atoms with E-state index in [1.807, 2.05) is 18.2 Å². The second kappa shape index (κ2) is 23.0. The van der Waals surface area contributed by atoms with Crippen LogP contribution in [0, 0.1) is 10.8 Å². The van der Waals surface area contributed by atoms with Crippen molar-refractivity contribution in [2.45, 2.75) is 108 Å². The monoisotopic (exact) mass is 919 g/mol. The van der Waals surface area contributed by atoms with Gasteiger partial charge in [-0.05, 0) is 72.1 Å². The van der Waals surface area contributed by atoms with E-state index < -0.39 is 90.5 Å². The van der Waals surface area contributed by atoms with Crippen LogP contribution < -0.4 is 26.0 Å². The second-order valence-corrected chi connectivity index (χ2v) is 17.9. The Bertz CT molecular complexity index is 1950. The van der Waals surface area contributed by atoms with Gasteiger partial charge in [0.2, 0.25) is 23.6 Å². The topological polar surface area (TPSA) is 310 Å². The number of amides is 6. The van der Waals surface area contributed by atoms with Crippen LogP contribution in [-0.4, -0.2) is 165 Å². The van der Waals surface area contributed by atoms with E-state index in [0.717, 1.165) is 0 Å².